The minimum atomic E-state index is -2.81. The number of hydrogen-bond donors (Lipinski definition) is 0. The SMILES string of the molecule is CN(Cc1nc2ccccc2n1C(F)F)C(=O)c1cc2ccccc2oc1=O. The fourth-order valence-electron chi connectivity index (χ4n) is 3.12. The number of carbonyl (C=O) groups excluding carboxylic acids is 1. The molecule has 142 valence electrons. The van der Waals surface area contributed by atoms with Gasteiger partial charge in [0.25, 0.3) is 5.91 Å². The molecule has 0 N–H and O–H groups in total. The molecule has 0 spiro atoms. The summed E-state index contributed by atoms with van der Waals surface area (Å²) >= 11 is 0. The lowest BCUT2D eigenvalue weighted by atomic mass is 10.1. The van der Waals surface area contributed by atoms with Crippen LogP contribution < -0.4 is 5.63 Å². The number of nitrogens with zero attached hydrogens (tertiary/aromatic N) is 3. The third-order valence-corrected chi connectivity index (χ3v) is 4.46. The molecule has 0 radical (unpaired) electrons. The lowest BCUT2D eigenvalue weighted by Crippen LogP contribution is -2.31. The highest BCUT2D eigenvalue weighted by molar-refractivity contribution is 5.96. The van der Waals surface area contributed by atoms with E-state index in [1.807, 2.05) is 0 Å². The van der Waals surface area contributed by atoms with E-state index in [-0.39, 0.29) is 23.4 Å². The van der Waals surface area contributed by atoms with Crippen LogP contribution >= 0.6 is 0 Å². The van der Waals surface area contributed by atoms with E-state index in [4.69, 9.17) is 4.42 Å². The molecular formula is C20H15F2N3O3. The lowest BCUT2D eigenvalue weighted by molar-refractivity contribution is 0.0645. The van der Waals surface area contributed by atoms with E-state index in [0.29, 0.717) is 16.5 Å². The fourth-order valence-corrected chi connectivity index (χ4v) is 3.12. The van der Waals surface area contributed by atoms with Crippen molar-refractivity contribution in [2.24, 2.45) is 0 Å². The highest BCUT2D eigenvalue weighted by atomic mass is 19.3. The normalized spacial score (nSPS) is 11.4. The molecule has 2 aromatic carbocycles. The molecule has 0 bridgehead atoms. The molecule has 0 fully saturated rings. The van der Waals surface area contributed by atoms with Gasteiger partial charge in [0.05, 0.1) is 17.6 Å². The van der Waals surface area contributed by atoms with E-state index in [1.54, 1.807) is 42.5 Å². The van der Waals surface area contributed by atoms with Gasteiger partial charge in [0.1, 0.15) is 17.0 Å². The summed E-state index contributed by atoms with van der Waals surface area (Å²) in [6.07, 6.45) is 0. The highest BCUT2D eigenvalue weighted by Crippen LogP contribution is 2.24. The van der Waals surface area contributed by atoms with Crippen molar-refractivity contribution in [2.45, 2.75) is 13.1 Å². The quantitative estimate of drug-likeness (QED) is 0.503. The number of para-hydroxylation sites is 3. The summed E-state index contributed by atoms with van der Waals surface area (Å²) in [4.78, 5) is 30.3. The number of carbonyl (C=O) groups is 1. The topological polar surface area (TPSA) is 68.3 Å². The second-order valence-corrected chi connectivity index (χ2v) is 6.31. The molecule has 4 rings (SSSR count). The van der Waals surface area contributed by atoms with Gasteiger partial charge in [0.15, 0.2) is 0 Å². The Labute approximate surface area is 157 Å². The monoisotopic (exact) mass is 383 g/mol. The van der Waals surface area contributed by atoms with Crippen LogP contribution in [0.3, 0.4) is 0 Å². The fraction of sp³-hybridized carbons (Fsp3) is 0.150. The molecule has 0 atom stereocenters. The predicted octanol–water partition coefficient (Wildman–Crippen LogP) is 3.81. The van der Waals surface area contributed by atoms with Gasteiger partial charge >= 0.3 is 12.2 Å². The minimum absolute atomic E-state index is 0.0252. The van der Waals surface area contributed by atoms with Crippen molar-refractivity contribution in [3.05, 3.63) is 76.4 Å². The number of amides is 1. The van der Waals surface area contributed by atoms with E-state index in [0.717, 1.165) is 4.57 Å². The Kier molecular flexibility index (Phi) is 4.38. The Morgan fingerprint density at radius 1 is 1.18 bits per heavy atom. The Morgan fingerprint density at radius 3 is 2.68 bits per heavy atom. The second-order valence-electron chi connectivity index (χ2n) is 6.31. The van der Waals surface area contributed by atoms with E-state index in [9.17, 15) is 18.4 Å². The van der Waals surface area contributed by atoms with Gasteiger partial charge in [-0.1, -0.05) is 30.3 Å². The lowest BCUT2D eigenvalue weighted by Gasteiger charge is -2.17. The summed E-state index contributed by atoms with van der Waals surface area (Å²) in [6.45, 7) is -3.00. The average Bonchev–Trinajstić information content (AvgIpc) is 3.04. The van der Waals surface area contributed by atoms with E-state index in [1.165, 1.54) is 24.1 Å². The summed E-state index contributed by atoms with van der Waals surface area (Å²) in [5.74, 6) is -0.607. The number of rotatable bonds is 4. The van der Waals surface area contributed by atoms with Crippen LogP contribution in [0.25, 0.3) is 22.0 Å². The smallest absolute Gasteiger partial charge is 0.349 e. The molecule has 6 nitrogen and oxygen atoms in total. The average molecular weight is 383 g/mol. The number of hydrogen-bond acceptors (Lipinski definition) is 4. The van der Waals surface area contributed by atoms with Crippen molar-refractivity contribution in [3.8, 4) is 0 Å². The maximum atomic E-state index is 13.6. The van der Waals surface area contributed by atoms with Gasteiger partial charge < -0.3 is 9.32 Å². The first-order valence-corrected chi connectivity index (χ1v) is 8.48. The van der Waals surface area contributed by atoms with Crippen molar-refractivity contribution < 1.29 is 18.0 Å². The summed E-state index contributed by atoms with van der Waals surface area (Å²) < 4.78 is 33.1. The van der Waals surface area contributed by atoms with Crippen LogP contribution in [0.15, 0.2) is 63.8 Å². The van der Waals surface area contributed by atoms with Crippen LogP contribution in [0.2, 0.25) is 0 Å². The van der Waals surface area contributed by atoms with Crippen molar-refractivity contribution in [2.75, 3.05) is 7.05 Å². The molecule has 2 aromatic heterocycles. The molecule has 4 aromatic rings. The summed E-state index contributed by atoms with van der Waals surface area (Å²) in [6, 6.07) is 14.8. The Balaban J connectivity index is 1.69. The molecule has 8 heteroatoms. The van der Waals surface area contributed by atoms with Gasteiger partial charge in [-0.15, -0.1) is 0 Å². The molecule has 0 aliphatic carbocycles. The molecule has 2 heterocycles. The highest BCUT2D eigenvalue weighted by Gasteiger charge is 2.23. The molecule has 1 amide bonds. The first-order chi connectivity index (χ1) is 13.5. The van der Waals surface area contributed by atoms with Crippen molar-refractivity contribution >= 4 is 27.9 Å². The number of alkyl halides is 2. The van der Waals surface area contributed by atoms with E-state index in [2.05, 4.69) is 4.98 Å². The first kappa shape index (κ1) is 17.8. The molecule has 0 aliphatic rings. The number of imidazole rings is 1. The molecular weight excluding hydrogens is 368 g/mol. The molecule has 0 aliphatic heterocycles. The number of fused-ring (bicyclic) bond motifs is 2. The number of aromatic nitrogens is 2. The third kappa shape index (κ3) is 3.02. The largest absolute Gasteiger partial charge is 0.422 e. The van der Waals surface area contributed by atoms with E-state index < -0.39 is 18.1 Å². The summed E-state index contributed by atoms with van der Waals surface area (Å²) in [5, 5.41) is 0.596. The second kappa shape index (κ2) is 6.88. The van der Waals surface area contributed by atoms with Crippen LogP contribution in [-0.2, 0) is 6.54 Å². The zero-order valence-corrected chi connectivity index (χ0v) is 14.8. The predicted molar refractivity (Wildman–Crippen MR) is 99.3 cm³/mol. The zero-order chi connectivity index (χ0) is 19.8. The van der Waals surface area contributed by atoms with E-state index >= 15 is 0 Å². The maximum Gasteiger partial charge on any atom is 0.349 e. The third-order valence-electron chi connectivity index (χ3n) is 4.46. The molecule has 28 heavy (non-hydrogen) atoms. The van der Waals surface area contributed by atoms with Gasteiger partial charge in [0, 0.05) is 12.4 Å². The first-order valence-electron chi connectivity index (χ1n) is 8.48. The van der Waals surface area contributed by atoms with Crippen molar-refractivity contribution in [3.63, 3.8) is 0 Å². The van der Waals surface area contributed by atoms with Crippen LogP contribution in [-0.4, -0.2) is 27.4 Å². The Hall–Kier alpha value is -3.55. The van der Waals surface area contributed by atoms with Crippen LogP contribution in [0, 0.1) is 0 Å². The zero-order valence-electron chi connectivity index (χ0n) is 14.8. The van der Waals surface area contributed by atoms with Gasteiger partial charge in [-0.25, -0.2) is 9.78 Å². The Bertz CT molecular complexity index is 1250. The van der Waals surface area contributed by atoms with Gasteiger partial charge in [-0.2, -0.15) is 8.78 Å². The molecule has 0 saturated carbocycles. The van der Waals surface area contributed by atoms with Crippen LogP contribution in [0.4, 0.5) is 8.78 Å². The molecule has 0 unspecified atom stereocenters. The van der Waals surface area contributed by atoms with Crippen molar-refractivity contribution in [1.82, 2.24) is 14.5 Å². The van der Waals surface area contributed by atoms with Gasteiger partial charge in [-0.3, -0.25) is 9.36 Å². The summed E-state index contributed by atoms with van der Waals surface area (Å²) in [7, 11) is 1.42. The summed E-state index contributed by atoms with van der Waals surface area (Å²) in [5.41, 5.74) is 0.104. The Morgan fingerprint density at radius 2 is 1.89 bits per heavy atom. The van der Waals surface area contributed by atoms with Gasteiger partial charge in [-0.05, 0) is 24.3 Å². The number of halogens is 2. The van der Waals surface area contributed by atoms with Crippen LogP contribution in [0.5, 0.6) is 0 Å². The molecule has 0 saturated heterocycles. The minimum Gasteiger partial charge on any atom is -0.422 e. The maximum absolute atomic E-state index is 13.6. The van der Waals surface area contributed by atoms with Gasteiger partial charge in [0.2, 0.25) is 0 Å². The van der Waals surface area contributed by atoms with Crippen molar-refractivity contribution in [1.29, 1.82) is 0 Å². The van der Waals surface area contributed by atoms with Crippen LogP contribution in [0.1, 0.15) is 22.7 Å². The number of benzene rings is 2. The standard InChI is InChI=1S/C20H15F2N3O3/c1-24(11-17-23-14-7-3-4-8-15(14)25(17)20(21)22)18(26)13-10-12-6-2-5-9-16(12)28-19(13)27/h2-10,20H,11H2,1H3.